The monoisotopic (exact) mass is 247 g/mol. The molecule has 0 fully saturated rings. The van der Waals surface area contributed by atoms with Gasteiger partial charge in [-0.25, -0.2) is 4.98 Å². The SMILES string of the molecule is CCc1nc2c(n1C(C)C)C(=O)/C(=C/N(C)C)C2. The number of Topliss-reactive ketones (excluding diaryl/α,β-unsaturated/α-hetero) is 1. The Kier molecular flexibility index (Phi) is 3.28. The highest BCUT2D eigenvalue weighted by atomic mass is 16.1. The highest BCUT2D eigenvalue weighted by Gasteiger charge is 2.32. The van der Waals surface area contributed by atoms with Crippen LogP contribution < -0.4 is 0 Å². The smallest absolute Gasteiger partial charge is 0.209 e. The van der Waals surface area contributed by atoms with Crippen LogP contribution in [0.1, 0.15) is 48.8 Å². The van der Waals surface area contributed by atoms with Gasteiger partial charge >= 0.3 is 0 Å². The molecular weight excluding hydrogens is 226 g/mol. The molecule has 0 N–H and O–H groups in total. The number of imidazole rings is 1. The van der Waals surface area contributed by atoms with E-state index in [0.29, 0.717) is 6.42 Å². The molecule has 0 spiro atoms. The zero-order valence-corrected chi connectivity index (χ0v) is 11.8. The van der Waals surface area contributed by atoms with Gasteiger partial charge in [-0.3, -0.25) is 4.79 Å². The van der Waals surface area contributed by atoms with Crippen LogP contribution in [0.25, 0.3) is 0 Å². The minimum atomic E-state index is 0.139. The molecular formula is C14H21N3O. The molecule has 0 amide bonds. The second-order valence-corrected chi connectivity index (χ2v) is 5.26. The Morgan fingerprint density at radius 3 is 2.61 bits per heavy atom. The van der Waals surface area contributed by atoms with E-state index in [1.807, 2.05) is 25.2 Å². The Bertz CT molecular complexity index is 509. The zero-order chi connectivity index (χ0) is 13.4. The Labute approximate surface area is 108 Å². The Hall–Kier alpha value is -1.58. The number of carbonyl (C=O) groups is 1. The number of ketones is 1. The van der Waals surface area contributed by atoms with Crippen LogP contribution in [0, 0.1) is 0 Å². The first-order valence-corrected chi connectivity index (χ1v) is 6.47. The summed E-state index contributed by atoms with van der Waals surface area (Å²) in [6.45, 7) is 6.28. The van der Waals surface area contributed by atoms with Crippen molar-refractivity contribution in [2.75, 3.05) is 14.1 Å². The van der Waals surface area contributed by atoms with Crippen molar-refractivity contribution >= 4 is 5.78 Å². The lowest BCUT2D eigenvalue weighted by Gasteiger charge is -2.14. The summed E-state index contributed by atoms with van der Waals surface area (Å²) in [5.41, 5.74) is 2.59. The van der Waals surface area contributed by atoms with E-state index >= 15 is 0 Å². The number of hydrogen-bond acceptors (Lipinski definition) is 3. The number of nitrogens with zero attached hydrogens (tertiary/aromatic N) is 3. The highest BCUT2D eigenvalue weighted by Crippen LogP contribution is 2.29. The summed E-state index contributed by atoms with van der Waals surface area (Å²) < 4.78 is 2.09. The third kappa shape index (κ3) is 1.96. The Morgan fingerprint density at radius 1 is 1.44 bits per heavy atom. The molecule has 0 saturated heterocycles. The van der Waals surface area contributed by atoms with Gasteiger partial charge in [-0.2, -0.15) is 0 Å². The fourth-order valence-electron chi connectivity index (χ4n) is 2.53. The largest absolute Gasteiger partial charge is 0.383 e. The molecule has 4 nitrogen and oxygen atoms in total. The van der Waals surface area contributed by atoms with E-state index in [-0.39, 0.29) is 11.8 Å². The lowest BCUT2D eigenvalue weighted by atomic mass is 10.2. The van der Waals surface area contributed by atoms with Crippen LogP contribution in [-0.2, 0) is 12.8 Å². The fourth-order valence-corrected chi connectivity index (χ4v) is 2.53. The summed E-state index contributed by atoms with van der Waals surface area (Å²) in [6, 6.07) is 0.277. The van der Waals surface area contributed by atoms with Gasteiger partial charge in [-0.15, -0.1) is 0 Å². The van der Waals surface area contributed by atoms with Gasteiger partial charge in [0.2, 0.25) is 5.78 Å². The maximum absolute atomic E-state index is 12.4. The summed E-state index contributed by atoms with van der Waals surface area (Å²) in [5.74, 6) is 1.16. The number of allylic oxidation sites excluding steroid dienone is 1. The predicted octanol–water partition coefficient (Wildman–Crippen LogP) is 2.21. The van der Waals surface area contributed by atoms with E-state index in [4.69, 9.17) is 0 Å². The maximum Gasteiger partial charge on any atom is 0.209 e. The third-order valence-electron chi connectivity index (χ3n) is 3.17. The molecule has 1 aromatic rings. The number of fused-ring (bicyclic) bond motifs is 1. The van der Waals surface area contributed by atoms with Crippen molar-refractivity contribution in [3.63, 3.8) is 0 Å². The van der Waals surface area contributed by atoms with Gasteiger partial charge in [0.05, 0.1) is 5.69 Å². The molecule has 1 aliphatic carbocycles. The van der Waals surface area contributed by atoms with Crippen LogP contribution in [-0.4, -0.2) is 34.3 Å². The van der Waals surface area contributed by atoms with Gasteiger partial charge in [0.1, 0.15) is 11.5 Å². The Balaban J connectivity index is 2.49. The summed E-state index contributed by atoms with van der Waals surface area (Å²) in [7, 11) is 3.87. The molecule has 4 heteroatoms. The van der Waals surface area contributed by atoms with Gasteiger partial charge in [0.25, 0.3) is 0 Å². The van der Waals surface area contributed by atoms with Crippen LogP contribution in [0.2, 0.25) is 0 Å². The summed E-state index contributed by atoms with van der Waals surface area (Å²) in [4.78, 5) is 19.0. The van der Waals surface area contributed by atoms with Crippen molar-refractivity contribution in [2.45, 2.75) is 39.7 Å². The summed E-state index contributed by atoms with van der Waals surface area (Å²) in [6.07, 6.45) is 3.44. The second kappa shape index (κ2) is 4.59. The number of hydrogen-bond donors (Lipinski definition) is 0. The predicted molar refractivity (Wildman–Crippen MR) is 71.8 cm³/mol. The fraction of sp³-hybridized carbons (Fsp3) is 0.571. The first-order chi connectivity index (χ1) is 8.45. The molecule has 0 atom stereocenters. The average Bonchev–Trinajstić information content (AvgIpc) is 2.76. The first kappa shape index (κ1) is 12.9. The van der Waals surface area contributed by atoms with Crippen LogP contribution in [0.15, 0.2) is 11.8 Å². The Morgan fingerprint density at radius 2 is 2.11 bits per heavy atom. The third-order valence-corrected chi connectivity index (χ3v) is 3.17. The molecule has 1 heterocycles. The second-order valence-electron chi connectivity index (χ2n) is 5.26. The number of aryl methyl sites for hydroxylation is 1. The molecule has 2 rings (SSSR count). The van der Waals surface area contributed by atoms with Gasteiger partial charge in [0.15, 0.2) is 0 Å². The number of carbonyl (C=O) groups excluding carboxylic acids is 1. The van der Waals surface area contributed by atoms with Gasteiger partial charge in [-0.1, -0.05) is 6.92 Å². The van der Waals surface area contributed by atoms with Crippen LogP contribution >= 0.6 is 0 Å². The van der Waals surface area contributed by atoms with E-state index in [2.05, 4.69) is 30.3 Å². The van der Waals surface area contributed by atoms with Crippen LogP contribution in [0.4, 0.5) is 0 Å². The van der Waals surface area contributed by atoms with Gasteiger partial charge < -0.3 is 9.47 Å². The minimum absolute atomic E-state index is 0.139. The van der Waals surface area contributed by atoms with Crippen molar-refractivity contribution in [2.24, 2.45) is 0 Å². The van der Waals surface area contributed by atoms with Crippen LogP contribution in [0.5, 0.6) is 0 Å². The topological polar surface area (TPSA) is 38.1 Å². The van der Waals surface area contributed by atoms with E-state index in [0.717, 1.165) is 29.2 Å². The lowest BCUT2D eigenvalue weighted by molar-refractivity contribution is 0.102. The summed E-state index contributed by atoms with van der Waals surface area (Å²) >= 11 is 0. The lowest BCUT2D eigenvalue weighted by Crippen LogP contribution is -2.14. The van der Waals surface area contributed by atoms with E-state index in [1.54, 1.807) is 0 Å². The van der Waals surface area contributed by atoms with Crippen molar-refractivity contribution in [3.8, 4) is 0 Å². The van der Waals surface area contributed by atoms with Crippen molar-refractivity contribution in [3.05, 3.63) is 29.0 Å². The quantitative estimate of drug-likeness (QED) is 0.769. The van der Waals surface area contributed by atoms with Gasteiger partial charge in [-0.05, 0) is 13.8 Å². The molecule has 98 valence electrons. The first-order valence-electron chi connectivity index (χ1n) is 6.47. The zero-order valence-electron chi connectivity index (χ0n) is 11.8. The van der Waals surface area contributed by atoms with Gasteiger partial charge in [0, 0.05) is 44.8 Å². The van der Waals surface area contributed by atoms with Crippen molar-refractivity contribution in [1.82, 2.24) is 14.5 Å². The highest BCUT2D eigenvalue weighted by molar-refractivity contribution is 6.11. The average molecular weight is 247 g/mol. The molecule has 0 radical (unpaired) electrons. The molecule has 1 aliphatic rings. The molecule has 1 aromatic heterocycles. The van der Waals surface area contributed by atoms with Crippen molar-refractivity contribution < 1.29 is 4.79 Å². The summed E-state index contributed by atoms with van der Waals surface area (Å²) in [5, 5.41) is 0. The number of rotatable bonds is 3. The van der Waals surface area contributed by atoms with Crippen LogP contribution in [0.3, 0.4) is 0 Å². The van der Waals surface area contributed by atoms with E-state index < -0.39 is 0 Å². The van der Waals surface area contributed by atoms with E-state index in [9.17, 15) is 4.79 Å². The molecule has 0 saturated carbocycles. The standard InChI is InChI=1S/C14H21N3O/c1-6-12-15-11-7-10(8-16(4)5)14(18)13(11)17(12)9(2)3/h8-9H,6-7H2,1-5H3/b10-8+. The normalized spacial score (nSPS) is 16.8. The molecule has 0 aliphatic heterocycles. The van der Waals surface area contributed by atoms with Crippen molar-refractivity contribution in [1.29, 1.82) is 0 Å². The minimum Gasteiger partial charge on any atom is -0.383 e. The molecule has 0 unspecified atom stereocenters. The maximum atomic E-state index is 12.4. The number of aromatic nitrogens is 2. The molecule has 18 heavy (non-hydrogen) atoms. The molecule has 0 aromatic carbocycles. The molecule has 0 bridgehead atoms. The van der Waals surface area contributed by atoms with E-state index in [1.165, 1.54) is 0 Å².